The van der Waals surface area contributed by atoms with Gasteiger partial charge in [-0.05, 0) is 30.7 Å². The lowest BCUT2D eigenvalue weighted by atomic mass is 9.93. The van der Waals surface area contributed by atoms with Gasteiger partial charge in [-0.25, -0.2) is 14.8 Å². The van der Waals surface area contributed by atoms with E-state index in [1.165, 1.54) is 11.3 Å². The third-order valence-electron chi connectivity index (χ3n) is 5.14. The Kier molecular flexibility index (Phi) is 5.09. The second kappa shape index (κ2) is 7.66. The average Bonchev–Trinajstić information content (AvgIpc) is 3.34. The molecule has 0 bridgehead atoms. The number of pyridine rings is 1. The number of nitriles is 1. The Bertz CT molecular complexity index is 887. The first-order chi connectivity index (χ1) is 13.2. The van der Waals surface area contributed by atoms with E-state index < -0.39 is 0 Å². The number of hydrogen-bond acceptors (Lipinski definition) is 7. The van der Waals surface area contributed by atoms with Crippen molar-refractivity contribution >= 4 is 32.7 Å². The largest absolute Gasteiger partial charge is 0.479 e. The molecule has 2 amide bonds. The Balaban J connectivity index is 1.60. The third-order valence-corrected chi connectivity index (χ3v) is 6.16. The van der Waals surface area contributed by atoms with Crippen molar-refractivity contribution in [2.75, 3.05) is 38.7 Å². The van der Waals surface area contributed by atoms with Crippen LogP contribution in [0, 0.1) is 17.2 Å². The van der Waals surface area contributed by atoms with Gasteiger partial charge in [-0.2, -0.15) is 5.26 Å². The second-order valence-electron chi connectivity index (χ2n) is 6.80. The normalized spacial score (nSPS) is 20.6. The van der Waals surface area contributed by atoms with Crippen LogP contribution in [0.3, 0.4) is 0 Å². The van der Waals surface area contributed by atoms with Crippen molar-refractivity contribution in [1.82, 2.24) is 14.9 Å². The number of fused-ring (bicyclic) bond motifs is 1. The van der Waals surface area contributed by atoms with E-state index in [1.54, 1.807) is 12.0 Å². The Morgan fingerprint density at radius 1 is 1.44 bits per heavy atom. The summed E-state index contributed by atoms with van der Waals surface area (Å²) in [5.74, 6) is 0.748. The minimum atomic E-state index is -0.216. The summed E-state index contributed by atoms with van der Waals surface area (Å²) >= 11 is 1.45. The molecule has 2 aliphatic heterocycles. The van der Waals surface area contributed by atoms with Gasteiger partial charge >= 0.3 is 6.03 Å². The van der Waals surface area contributed by atoms with Crippen LogP contribution in [0.25, 0.3) is 10.2 Å². The highest BCUT2D eigenvalue weighted by molar-refractivity contribution is 7.22. The lowest BCUT2D eigenvalue weighted by molar-refractivity contribution is 0.0855. The number of nitrogens with zero attached hydrogens (tertiary/aromatic N) is 4. The summed E-state index contributed by atoms with van der Waals surface area (Å²) < 4.78 is 11.8. The zero-order chi connectivity index (χ0) is 18.8. The number of hydrogen-bond donors (Lipinski definition) is 1. The highest BCUT2D eigenvalue weighted by atomic mass is 32.1. The fraction of sp³-hybridized carbons (Fsp3) is 0.556. The number of aromatic nitrogens is 2. The number of methoxy groups -OCH3 is 1. The summed E-state index contributed by atoms with van der Waals surface area (Å²) in [7, 11) is 1.57. The van der Waals surface area contributed by atoms with Gasteiger partial charge < -0.3 is 14.4 Å². The van der Waals surface area contributed by atoms with Gasteiger partial charge in [0.2, 0.25) is 5.88 Å². The fourth-order valence-electron chi connectivity index (χ4n) is 3.63. The van der Waals surface area contributed by atoms with Gasteiger partial charge in [-0.3, -0.25) is 5.32 Å². The van der Waals surface area contributed by atoms with Crippen molar-refractivity contribution in [3.63, 3.8) is 0 Å². The van der Waals surface area contributed by atoms with Gasteiger partial charge in [-0.15, -0.1) is 0 Å². The predicted molar refractivity (Wildman–Crippen MR) is 101 cm³/mol. The van der Waals surface area contributed by atoms with Crippen LogP contribution < -0.4 is 10.1 Å². The maximum Gasteiger partial charge on any atom is 0.323 e. The highest BCUT2D eigenvalue weighted by Gasteiger charge is 2.27. The van der Waals surface area contributed by atoms with Crippen LogP contribution in [0.2, 0.25) is 0 Å². The van der Waals surface area contributed by atoms with Crippen LogP contribution in [0.1, 0.15) is 30.7 Å². The number of anilines is 1. The Labute approximate surface area is 161 Å². The zero-order valence-electron chi connectivity index (χ0n) is 15.1. The van der Waals surface area contributed by atoms with Gasteiger partial charge in [0.05, 0.1) is 23.8 Å². The number of rotatable bonds is 3. The van der Waals surface area contributed by atoms with E-state index >= 15 is 0 Å². The number of urea groups is 1. The second-order valence-corrected chi connectivity index (χ2v) is 7.80. The summed E-state index contributed by atoms with van der Waals surface area (Å²) in [4.78, 5) is 23.1. The monoisotopic (exact) mass is 387 g/mol. The number of thiazole rings is 1. The fourth-order valence-corrected chi connectivity index (χ4v) is 4.67. The Hall–Kier alpha value is -2.44. The summed E-state index contributed by atoms with van der Waals surface area (Å²) in [6.07, 6.45) is 4.48. The molecule has 2 fully saturated rings. The standard InChI is InChI=1S/C18H21N5O3S/c1-25-16-14-15(13(9-20-16)12-3-6-26-7-4-12)27-17(21-14)22-18(24)23-5-2-11(8-19)10-23/h9,11-12H,2-7,10H2,1H3,(H,21,22,24)/t11-/m1/s1. The molecule has 0 aliphatic carbocycles. The minimum Gasteiger partial charge on any atom is -0.479 e. The van der Waals surface area contributed by atoms with E-state index in [2.05, 4.69) is 21.4 Å². The molecule has 9 heteroatoms. The molecular formula is C18H21N5O3S. The van der Waals surface area contributed by atoms with Crippen molar-refractivity contribution in [2.45, 2.75) is 25.2 Å². The summed E-state index contributed by atoms with van der Waals surface area (Å²) in [5, 5.41) is 12.4. The van der Waals surface area contributed by atoms with Gasteiger partial charge in [-0.1, -0.05) is 11.3 Å². The van der Waals surface area contributed by atoms with Crippen LogP contribution >= 0.6 is 11.3 Å². The molecule has 0 spiro atoms. The third kappa shape index (κ3) is 3.55. The number of likely N-dealkylation sites (tertiary alicyclic amines) is 1. The molecule has 27 heavy (non-hydrogen) atoms. The molecule has 2 saturated heterocycles. The smallest absolute Gasteiger partial charge is 0.323 e. The van der Waals surface area contributed by atoms with E-state index in [0.717, 1.165) is 42.7 Å². The lowest BCUT2D eigenvalue weighted by Crippen LogP contribution is -2.32. The van der Waals surface area contributed by atoms with Crippen LogP contribution in [0.15, 0.2) is 6.20 Å². The molecule has 0 saturated carbocycles. The van der Waals surface area contributed by atoms with Crippen molar-refractivity contribution in [1.29, 1.82) is 5.26 Å². The molecule has 2 aromatic heterocycles. The SMILES string of the molecule is COc1ncc(C2CCOCC2)c2sc(NC(=O)N3CC[C@H](C#N)C3)nc12. The van der Waals surface area contributed by atoms with E-state index in [1.807, 2.05) is 6.20 Å². The van der Waals surface area contributed by atoms with Gasteiger partial charge in [0.15, 0.2) is 5.13 Å². The molecule has 1 N–H and O–H groups in total. The van der Waals surface area contributed by atoms with Crippen molar-refractivity contribution < 1.29 is 14.3 Å². The first-order valence-electron chi connectivity index (χ1n) is 9.06. The lowest BCUT2D eigenvalue weighted by Gasteiger charge is -2.22. The number of nitrogens with one attached hydrogen (secondary N) is 1. The number of carbonyl (C=O) groups excluding carboxylic acids is 1. The minimum absolute atomic E-state index is 0.0875. The van der Waals surface area contributed by atoms with E-state index in [4.69, 9.17) is 14.7 Å². The number of ether oxygens (including phenoxy) is 2. The molecule has 142 valence electrons. The van der Waals surface area contributed by atoms with Gasteiger partial charge in [0, 0.05) is 32.5 Å². The first kappa shape index (κ1) is 17.9. The van der Waals surface area contributed by atoms with E-state index in [9.17, 15) is 4.79 Å². The van der Waals surface area contributed by atoms with Gasteiger partial charge in [0.25, 0.3) is 0 Å². The molecule has 0 unspecified atom stereocenters. The zero-order valence-corrected chi connectivity index (χ0v) is 15.9. The molecule has 2 aromatic rings. The summed E-state index contributed by atoms with van der Waals surface area (Å²) in [5.41, 5.74) is 1.82. The Morgan fingerprint density at radius 2 is 2.26 bits per heavy atom. The van der Waals surface area contributed by atoms with Crippen LogP contribution in [-0.4, -0.2) is 54.3 Å². The molecule has 4 rings (SSSR count). The average molecular weight is 387 g/mol. The van der Waals surface area contributed by atoms with Crippen molar-refractivity contribution in [3.05, 3.63) is 11.8 Å². The number of amides is 2. The maximum absolute atomic E-state index is 12.5. The summed E-state index contributed by atoms with van der Waals surface area (Å²) in [6.45, 7) is 2.55. The maximum atomic E-state index is 12.5. The van der Waals surface area contributed by atoms with E-state index in [-0.39, 0.29) is 11.9 Å². The molecule has 1 atom stereocenters. The van der Waals surface area contributed by atoms with Crippen molar-refractivity contribution in [2.24, 2.45) is 5.92 Å². The molecule has 2 aliphatic rings. The van der Waals surface area contributed by atoms with Crippen LogP contribution in [0.5, 0.6) is 5.88 Å². The molecule has 0 aromatic carbocycles. The molecule has 0 radical (unpaired) electrons. The predicted octanol–water partition coefficient (Wildman–Crippen LogP) is 2.97. The van der Waals surface area contributed by atoms with Gasteiger partial charge in [0.1, 0.15) is 5.52 Å². The quantitative estimate of drug-likeness (QED) is 0.869. The highest BCUT2D eigenvalue weighted by Crippen LogP contribution is 2.39. The van der Waals surface area contributed by atoms with Crippen LogP contribution in [0.4, 0.5) is 9.93 Å². The van der Waals surface area contributed by atoms with E-state index in [0.29, 0.717) is 35.5 Å². The van der Waals surface area contributed by atoms with Crippen LogP contribution in [-0.2, 0) is 4.74 Å². The first-order valence-corrected chi connectivity index (χ1v) is 9.88. The van der Waals surface area contributed by atoms with Crippen molar-refractivity contribution in [3.8, 4) is 11.9 Å². The molecular weight excluding hydrogens is 366 g/mol. The molecule has 8 nitrogen and oxygen atoms in total. The topological polar surface area (TPSA) is 100 Å². The number of carbonyl (C=O) groups is 1. The Morgan fingerprint density at radius 3 is 2.96 bits per heavy atom. The molecule has 4 heterocycles. The summed E-state index contributed by atoms with van der Waals surface area (Å²) in [6, 6.07) is 2.01.